The quantitative estimate of drug-likeness (QED) is 0.777. The first-order valence-electron chi connectivity index (χ1n) is 8.32. The van der Waals surface area contributed by atoms with Gasteiger partial charge in [-0.2, -0.15) is 0 Å². The van der Waals surface area contributed by atoms with Crippen LogP contribution in [0.4, 0.5) is 0 Å². The van der Waals surface area contributed by atoms with E-state index in [0.29, 0.717) is 19.6 Å². The predicted octanol–water partition coefficient (Wildman–Crippen LogP) is 0.332. The van der Waals surface area contributed by atoms with Gasteiger partial charge in [-0.1, -0.05) is 0 Å². The molecule has 2 atom stereocenters. The van der Waals surface area contributed by atoms with Gasteiger partial charge in [0, 0.05) is 17.0 Å². The SMILES string of the molecule is Cc1cc(C(=O)[C@H](C)[NH+]2CCNC(=O)C2)c(C)n1Cc1ccco1. The zero-order valence-electron chi connectivity index (χ0n) is 14.4. The molecule has 0 radical (unpaired) electrons. The fourth-order valence-corrected chi connectivity index (χ4v) is 3.36. The van der Waals surface area contributed by atoms with Crippen molar-refractivity contribution in [3.63, 3.8) is 0 Å². The molecule has 0 aromatic carbocycles. The van der Waals surface area contributed by atoms with Crippen molar-refractivity contribution in [3.05, 3.63) is 47.2 Å². The molecule has 2 aromatic heterocycles. The van der Waals surface area contributed by atoms with Gasteiger partial charge in [0.2, 0.25) is 5.78 Å². The molecule has 2 N–H and O–H groups in total. The summed E-state index contributed by atoms with van der Waals surface area (Å²) in [4.78, 5) is 25.6. The van der Waals surface area contributed by atoms with Crippen molar-refractivity contribution in [2.75, 3.05) is 19.6 Å². The highest BCUT2D eigenvalue weighted by Crippen LogP contribution is 2.18. The standard InChI is InChI=1S/C18H23N3O3/c1-12-9-16(13(2)21(12)10-15-5-4-8-24-15)18(23)14(3)20-7-6-19-17(22)11-20/h4-5,8-9,14H,6-7,10-11H2,1-3H3,(H,19,22)/p+1/t14-/m0/s1. The van der Waals surface area contributed by atoms with E-state index in [4.69, 9.17) is 4.42 Å². The molecule has 3 rings (SSSR count). The van der Waals surface area contributed by atoms with Crippen LogP contribution in [0.2, 0.25) is 0 Å². The monoisotopic (exact) mass is 330 g/mol. The van der Waals surface area contributed by atoms with Crippen LogP contribution < -0.4 is 10.2 Å². The van der Waals surface area contributed by atoms with E-state index in [9.17, 15) is 9.59 Å². The lowest BCUT2D eigenvalue weighted by Crippen LogP contribution is -3.19. The highest BCUT2D eigenvalue weighted by Gasteiger charge is 2.32. The summed E-state index contributed by atoms with van der Waals surface area (Å²) < 4.78 is 7.51. The largest absolute Gasteiger partial charge is 0.467 e. The lowest BCUT2D eigenvalue weighted by molar-refractivity contribution is -0.907. The zero-order chi connectivity index (χ0) is 17.3. The van der Waals surface area contributed by atoms with Crippen molar-refractivity contribution in [1.82, 2.24) is 9.88 Å². The Labute approximate surface area is 141 Å². The van der Waals surface area contributed by atoms with Gasteiger partial charge in [-0.3, -0.25) is 9.59 Å². The lowest BCUT2D eigenvalue weighted by atomic mass is 10.0. The van der Waals surface area contributed by atoms with Crippen molar-refractivity contribution in [1.29, 1.82) is 0 Å². The van der Waals surface area contributed by atoms with Crippen molar-refractivity contribution in [3.8, 4) is 0 Å². The highest BCUT2D eigenvalue weighted by molar-refractivity contribution is 6.00. The number of carbonyl (C=O) groups is 2. The Morgan fingerprint density at radius 2 is 2.25 bits per heavy atom. The van der Waals surface area contributed by atoms with Crippen LogP contribution in [0.3, 0.4) is 0 Å². The highest BCUT2D eigenvalue weighted by atomic mass is 16.3. The number of piperazine rings is 1. The number of rotatable bonds is 5. The number of nitrogens with one attached hydrogen (secondary N) is 2. The number of carbonyl (C=O) groups excluding carboxylic acids is 2. The number of hydrogen-bond donors (Lipinski definition) is 2. The maximum atomic E-state index is 13.0. The van der Waals surface area contributed by atoms with Gasteiger partial charge in [0.15, 0.2) is 6.54 Å². The average Bonchev–Trinajstić information content (AvgIpc) is 3.17. The maximum Gasteiger partial charge on any atom is 0.275 e. The molecule has 3 heterocycles. The third-order valence-corrected chi connectivity index (χ3v) is 4.89. The molecule has 0 spiro atoms. The predicted molar refractivity (Wildman–Crippen MR) is 89.2 cm³/mol. The summed E-state index contributed by atoms with van der Waals surface area (Å²) >= 11 is 0. The molecular weight excluding hydrogens is 306 g/mol. The van der Waals surface area contributed by atoms with Crippen LogP contribution in [-0.4, -0.2) is 41.9 Å². The van der Waals surface area contributed by atoms with Gasteiger partial charge < -0.3 is 19.2 Å². The Morgan fingerprint density at radius 1 is 1.46 bits per heavy atom. The molecule has 1 aliphatic rings. The van der Waals surface area contributed by atoms with Gasteiger partial charge >= 0.3 is 0 Å². The lowest BCUT2D eigenvalue weighted by Gasteiger charge is -2.28. The van der Waals surface area contributed by atoms with Crippen LogP contribution in [0.25, 0.3) is 0 Å². The fraction of sp³-hybridized carbons (Fsp3) is 0.444. The Hall–Kier alpha value is -2.34. The third kappa shape index (κ3) is 3.14. The number of furan rings is 1. The molecule has 128 valence electrons. The van der Waals surface area contributed by atoms with E-state index in [1.165, 1.54) is 0 Å². The van der Waals surface area contributed by atoms with Crippen LogP contribution in [-0.2, 0) is 11.3 Å². The Bertz CT molecular complexity index is 746. The third-order valence-electron chi connectivity index (χ3n) is 4.89. The zero-order valence-corrected chi connectivity index (χ0v) is 14.4. The molecular formula is C18H24N3O3+. The Kier molecular flexibility index (Phi) is 4.57. The van der Waals surface area contributed by atoms with Crippen LogP contribution in [0.1, 0.15) is 34.4 Å². The van der Waals surface area contributed by atoms with Gasteiger partial charge in [-0.25, -0.2) is 0 Å². The van der Waals surface area contributed by atoms with E-state index in [1.807, 2.05) is 39.0 Å². The van der Waals surface area contributed by atoms with Crippen molar-refractivity contribution in [2.24, 2.45) is 0 Å². The first-order valence-corrected chi connectivity index (χ1v) is 8.32. The second-order valence-electron chi connectivity index (χ2n) is 6.47. The Balaban J connectivity index is 1.81. The van der Waals surface area contributed by atoms with Gasteiger partial charge in [-0.15, -0.1) is 0 Å². The average molecular weight is 330 g/mol. The summed E-state index contributed by atoms with van der Waals surface area (Å²) in [6.45, 7) is 8.26. The van der Waals surface area contributed by atoms with Crippen LogP contribution in [0, 0.1) is 13.8 Å². The first kappa shape index (κ1) is 16.5. The molecule has 0 bridgehead atoms. The molecule has 1 fully saturated rings. The summed E-state index contributed by atoms with van der Waals surface area (Å²) in [5.74, 6) is 0.972. The fourth-order valence-electron chi connectivity index (χ4n) is 3.36. The second kappa shape index (κ2) is 6.65. The summed E-state index contributed by atoms with van der Waals surface area (Å²) in [7, 11) is 0. The van der Waals surface area contributed by atoms with Crippen molar-refractivity contribution < 1.29 is 18.9 Å². The summed E-state index contributed by atoms with van der Waals surface area (Å²) in [6.07, 6.45) is 1.66. The molecule has 6 heteroatoms. The van der Waals surface area contributed by atoms with E-state index in [-0.39, 0.29) is 17.7 Å². The number of Topliss-reactive ketones (excluding diaryl/α,β-unsaturated/α-hetero) is 1. The van der Waals surface area contributed by atoms with E-state index in [1.54, 1.807) is 6.26 Å². The Morgan fingerprint density at radius 3 is 2.92 bits per heavy atom. The van der Waals surface area contributed by atoms with Gasteiger partial charge in [0.05, 0.1) is 25.9 Å². The molecule has 1 unspecified atom stereocenters. The van der Waals surface area contributed by atoms with Crippen LogP contribution in [0.5, 0.6) is 0 Å². The summed E-state index contributed by atoms with van der Waals surface area (Å²) in [5, 5.41) is 2.81. The molecule has 6 nitrogen and oxygen atoms in total. The molecule has 1 amide bonds. The van der Waals surface area contributed by atoms with Crippen molar-refractivity contribution >= 4 is 11.7 Å². The first-order chi connectivity index (χ1) is 11.5. The number of ketones is 1. The number of quaternary nitrogens is 1. The van der Waals surface area contributed by atoms with Gasteiger partial charge in [0.1, 0.15) is 11.8 Å². The van der Waals surface area contributed by atoms with Gasteiger partial charge in [0.25, 0.3) is 5.91 Å². The number of aromatic nitrogens is 1. The number of hydrogen-bond acceptors (Lipinski definition) is 3. The molecule has 0 saturated carbocycles. The minimum absolute atomic E-state index is 0.0131. The topological polar surface area (TPSA) is 68.7 Å². The molecule has 24 heavy (non-hydrogen) atoms. The molecule has 1 aliphatic heterocycles. The normalized spacial score (nSPS) is 19.1. The van der Waals surface area contributed by atoms with E-state index >= 15 is 0 Å². The molecule has 1 saturated heterocycles. The molecule has 2 aromatic rings. The van der Waals surface area contributed by atoms with E-state index < -0.39 is 0 Å². The maximum absolute atomic E-state index is 13.0. The smallest absolute Gasteiger partial charge is 0.275 e. The molecule has 0 aliphatic carbocycles. The number of aryl methyl sites for hydroxylation is 1. The minimum atomic E-state index is -0.228. The van der Waals surface area contributed by atoms with Crippen LogP contribution in [0.15, 0.2) is 28.9 Å². The summed E-state index contributed by atoms with van der Waals surface area (Å²) in [6, 6.07) is 5.51. The number of amides is 1. The van der Waals surface area contributed by atoms with E-state index in [0.717, 1.165) is 34.2 Å². The minimum Gasteiger partial charge on any atom is -0.467 e. The van der Waals surface area contributed by atoms with Crippen molar-refractivity contribution in [2.45, 2.75) is 33.4 Å². The number of nitrogens with zero attached hydrogens (tertiary/aromatic N) is 1. The van der Waals surface area contributed by atoms with E-state index in [2.05, 4.69) is 9.88 Å². The second-order valence-corrected chi connectivity index (χ2v) is 6.47. The van der Waals surface area contributed by atoms with Gasteiger partial charge in [-0.05, 0) is 39.0 Å². The summed E-state index contributed by atoms with van der Waals surface area (Å²) in [5.41, 5.74) is 2.72. The van der Waals surface area contributed by atoms with Crippen LogP contribution >= 0.6 is 0 Å².